The molecule has 0 aromatic heterocycles. The van der Waals surface area contributed by atoms with E-state index in [1.54, 1.807) is 26.0 Å². The van der Waals surface area contributed by atoms with Crippen molar-refractivity contribution in [3.63, 3.8) is 0 Å². The monoisotopic (exact) mass is 200 g/mol. The van der Waals surface area contributed by atoms with Crippen molar-refractivity contribution in [2.75, 3.05) is 0 Å². The zero-order valence-corrected chi connectivity index (χ0v) is 8.41. The average Bonchev–Trinajstić information content (AvgIpc) is 2.04. The molecule has 1 aromatic carbocycles. The maximum absolute atomic E-state index is 10.9. The summed E-state index contributed by atoms with van der Waals surface area (Å²) in [5.41, 5.74) is 0.682. The van der Waals surface area contributed by atoms with Crippen LogP contribution in [-0.2, 0) is 15.5 Å². The number of benzene rings is 1. The lowest BCUT2D eigenvalue weighted by molar-refractivity contribution is 0.474. The Kier molecular flexibility index (Phi) is 2.61. The first-order valence-electron chi connectivity index (χ1n) is 3.88. The minimum absolute atomic E-state index is 0.140. The summed E-state index contributed by atoms with van der Waals surface area (Å²) >= 11 is 0. The second-order valence-electron chi connectivity index (χ2n) is 3.36. The van der Waals surface area contributed by atoms with Gasteiger partial charge in [-0.05, 0) is 31.5 Å². The summed E-state index contributed by atoms with van der Waals surface area (Å²) in [6.45, 7) is 3.26. The van der Waals surface area contributed by atoms with E-state index >= 15 is 0 Å². The predicted molar refractivity (Wildman–Crippen MR) is 51.4 cm³/mol. The first-order chi connectivity index (χ1) is 5.94. The van der Waals surface area contributed by atoms with E-state index in [0.29, 0.717) is 5.56 Å². The first-order valence-corrected chi connectivity index (χ1v) is 5.06. The van der Waals surface area contributed by atoms with E-state index in [0.717, 1.165) is 0 Å². The summed E-state index contributed by atoms with van der Waals surface area (Å²) in [5.74, 6) is 0.140. The SMILES string of the molecule is CC(C)(c1ccc(O)cc1)[SH](=O)=O. The minimum atomic E-state index is -2.51. The van der Waals surface area contributed by atoms with Gasteiger partial charge in [0.05, 0.1) is 4.75 Å². The minimum Gasteiger partial charge on any atom is -0.508 e. The van der Waals surface area contributed by atoms with Gasteiger partial charge in [0, 0.05) is 0 Å². The molecular weight excluding hydrogens is 188 g/mol. The highest BCUT2D eigenvalue weighted by Gasteiger charge is 2.23. The number of aromatic hydroxyl groups is 1. The quantitative estimate of drug-likeness (QED) is 0.706. The molecular formula is C9H12O3S. The van der Waals surface area contributed by atoms with Crippen LogP contribution in [0.5, 0.6) is 5.75 Å². The average molecular weight is 200 g/mol. The van der Waals surface area contributed by atoms with Crippen LogP contribution < -0.4 is 0 Å². The Balaban J connectivity index is 3.15. The Bertz CT molecular complexity index is 355. The summed E-state index contributed by atoms with van der Waals surface area (Å²) in [5, 5.41) is 9.01. The van der Waals surface area contributed by atoms with Crippen molar-refractivity contribution in [1.29, 1.82) is 0 Å². The van der Waals surface area contributed by atoms with Crippen LogP contribution in [0.3, 0.4) is 0 Å². The van der Waals surface area contributed by atoms with Crippen LogP contribution in [-0.4, -0.2) is 13.5 Å². The van der Waals surface area contributed by atoms with Crippen LogP contribution in [0, 0.1) is 0 Å². The molecule has 72 valence electrons. The van der Waals surface area contributed by atoms with Gasteiger partial charge in [0.2, 0.25) is 0 Å². The van der Waals surface area contributed by atoms with Crippen LogP contribution in [0.1, 0.15) is 19.4 Å². The lowest BCUT2D eigenvalue weighted by Gasteiger charge is -2.17. The van der Waals surface area contributed by atoms with Gasteiger partial charge < -0.3 is 5.11 Å². The summed E-state index contributed by atoms with van der Waals surface area (Å²) in [7, 11) is -2.51. The van der Waals surface area contributed by atoms with Gasteiger partial charge in [0.1, 0.15) is 16.5 Å². The van der Waals surface area contributed by atoms with Gasteiger partial charge in [-0.25, -0.2) is 8.42 Å². The van der Waals surface area contributed by atoms with E-state index in [-0.39, 0.29) is 5.75 Å². The molecule has 13 heavy (non-hydrogen) atoms. The van der Waals surface area contributed by atoms with Crippen LogP contribution >= 0.6 is 0 Å². The van der Waals surface area contributed by atoms with Gasteiger partial charge in [-0.2, -0.15) is 0 Å². The molecule has 0 bridgehead atoms. The van der Waals surface area contributed by atoms with Gasteiger partial charge in [0.25, 0.3) is 0 Å². The number of thiol groups is 1. The maximum Gasteiger partial charge on any atom is 0.149 e. The molecule has 0 fully saturated rings. The summed E-state index contributed by atoms with van der Waals surface area (Å²) in [6, 6.07) is 6.19. The van der Waals surface area contributed by atoms with Crippen LogP contribution in [0.2, 0.25) is 0 Å². The third-order valence-corrected chi connectivity index (χ3v) is 3.20. The molecule has 0 heterocycles. The largest absolute Gasteiger partial charge is 0.508 e. The Morgan fingerprint density at radius 3 is 2.00 bits per heavy atom. The van der Waals surface area contributed by atoms with E-state index < -0.39 is 15.5 Å². The molecule has 1 rings (SSSR count). The van der Waals surface area contributed by atoms with Crippen molar-refractivity contribution < 1.29 is 13.5 Å². The fourth-order valence-electron chi connectivity index (χ4n) is 0.975. The van der Waals surface area contributed by atoms with E-state index in [1.807, 2.05) is 0 Å². The summed E-state index contributed by atoms with van der Waals surface area (Å²) in [4.78, 5) is 0. The third kappa shape index (κ3) is 2.01. The van der Waals surface area contributed by atoms with E-state index in [1.165, 1.54) is 12.1 Å². The maximum atomic E-state index is 10.9. The molecule has 0 saturated heterocycles. The van der Waals surface area contributed by atoms with Crippen LogP contribution in [0.4, 0.5) is 0 Å². The van der Waals surface area contributed by atoms with Crippen LogP contribution in [0.25, 0.3) is 0 Å². The van der Waals surface area contributed by atoms with Gasteiger partial charge in [-0.1, -0.05) is 12.1 Å². The fourth-order valence-corrected chi connectivity index (χ4v) is 1.33. The zero-order chi connectivity index (χ0) is 10.1. The number of rotatable bonds is 2. The topological polar surface area (TPSA) is 54.4 Å². The Morgan fingerprint density at radius 1 is 1.15 bits per heavy atom. The van der Waals surface area contributed by atoms with Crippen molar-refractivity contribution in [2.45, 2.75) is 18.6 Å². The Labute approximate surface area is 79.0 Å². The highest BCUT2D eigenvalue weighted by molar-refractivity contribution is 7.73. The molecule has 0 aliphatic carbocycles. The number of hydrogen-bond donors (Lipinski definition) is 2. The molecule has 1 N–H and O–H groups in total. The molecule has 0 amide bonds. The standard InChI is InChI=1S/C9H12O3S/c1-9(2,13(11)12)7-3-5-8(10)6-4-7/h3-6,10,13H,1-2H3. The first kappa shape index (κ1) is 10.1. The molecule has 0 spiro atoms. The van der Waals surface area contributed by atoms with Crippen molar-refractivity contribution in [1.82, 2.24) is 0 Å². The summed E-state index contributed by atoms with van der Waals surface area (Å²) < 4.78 is 20.9. The van der Waals surface area contributed by atoms with Crippen LogP contribution in [0.15, 0.2) is 24.3 Å². The van der Waals surface area contributed by atoms with Crippen molar-refractivity contribution >= 4 is 10.7 Å². The van der Waals surface area contributed by atoms with Crippen molar-refractivity contribution in [3.05, 3.63) is 29.8 Å². The molecule has 1 aromatic rings. The molecule has 4 heteroatoms. The van der Waals surface area contributed by atoms with Gasteiger partial charge in [-0.15, -0.1) is 0 Å². The second kappa shape index (κ2) is 3.38. The lowest BCUT2D eigenvalue weighted by Crippen LogP contribution is -2.18. The highest BCUT2D eigenvalue weighted by atomic mass is 32.2. The summed E-state index contributed by atoms with van der Waals surface area (Å²) in [6.07, 6.45) is 0. The number of phenolic OH excluding ortho intramolecular Hbond substituents is 1. The van der Waals surface area contributed by atoms with Crippen molar-refractivity contribution in [2.24, 2.45) is 0 Å². The van der Waals surface area contributed by atoms with E-state index in [2.05, 4.69) is 0 Å². The molecule has 0 saturated carbocycles. The molecule has 0 aliphatic rings. The van der Waals surface area contributed by atoms with Gasteiger partial charge in [0.15, 0.2) is 0 Å². The third-order valence-electron chi connectivity index (χ3n) is 2.03. The molecule has 3 nitrogen and oxygen atoms in total. The zero-order valence-electron chi connectivity index (χ0n) is 7.52. The second-order valence-corrected chi connectivity index (χ2v) is 5.00. The van der Waals surface area contributed by atoms with Crippen molar-refractivity contribution in [3.8, 4) is 5.75 Å². The van der Waals surface area contributed by atoms with E-state index in [9.17, 15) is 8.42 Å². The number of phenols is 1. The Morgan fingerprint density at radius 2 is 1.62 bits per heavy atom. The molecule has 0 radical (unpaired) electrons. The number of hydrogen-bond acceptors (Lipinski definition) is 3. The van der Waals surface area contributed by atoms with Gasteiger partial charge in [-0.3, -0.25) is 0 Å². The predicted octanol–water partition coefficient (Wildman–Crippen LogP) is 1.24. The van der Waals surface area contributed by atoms with E-state index in [4.69, 9.17) is 5.11 Å². The molecule has 0 unspecified atom stereocenters. The normalized spacial score (nSPS) is 11.9. The molecule has 0 atom stereocenters. The smallest absolute Gasteiger partial charge is 0.149 e. The highest BCUT2D eigenvalue weighted by Crippen LogP contribution is 2.25. The Hall–Kier alpha value is -1.03. The fraction of sp³-hybridized carbons (Fsp3) is 0.333. The lowest BCUT2D eigenvalue weighted by atomic mass is 10.0. The molecule has 0 aliphatic heterocycles. The van der Waals surface area contributed by atoms with Gasteiger partial charge >= 0.3 is 0 Å².